The second kappa shape index (κ2) is 13.8. The maximum atomic E-state index is 13.0. The van der Waals surface area contributed by atoms with E-state index in [1.165, 1.54) is 0 Å². The summed E-state index contributed by atoms with van der Waals surface area (Å²) in [6.07, 6.45) is 2.99. The summed E-state index contributed by atoms with van der Waals surface area (Å²) in [6.45, 7) is 5.50. The summed E-state index contributed by atoms with van der Waals surface area (Å²) in [4.78, 5) is 37.7. The normalized spacial score (nSPS) is 12.2. The van der Waals surface area contributed by atoms with E-state index in [0.717, 1.165) is 33.6 Å². The summed E-state index contributed by atoms with van der Waals surface area (Å²) in [6, 6.07) is 18.5. The topological polar surface area (TPSA) is 132 Å². The minimum atomic E-state index is -0.971. The highest BCUT2D eigenvalue weighted by atomic mass is 16.6. The average molecular weight is 599 g/mol. The Balaban J connectivity index is 1.22. The van der Waals surface area contributed by atoms with E-state index >= 15 is 0 Å². The molecule has 2 amide bonds. The fraction of sp³-hybridized carbons (Fsp3) is 0.273. The first-order valence-corrected chi connectivity index (χ1v) is 14.3. The van der Waals surface area contributed by atoms with Gasteiger partial charge in [-0.05, 0) is 54.8 Å². The lowest BCUT2D eigenvalue weighted by atomic mass is 10.1. The second-order valence-corrected chi connectivity index (χ2v) is 10.3. The van der Waals surface area contributed by atoms with Crippen molar-refractivity contribution in [2.75, 3.05) is 37.8 Å². The zero-order chi connectivity index (χ0) is 31.1. The smallest absolute Gasteiger partial charge is 0.414 e. The molecule has 0 aliphatic carbocycles. The minimum Gasteiger partial charge on any atom is -0.490 e. The van der Waals surface area contributed by atoms with Crippen LogP contribution in [0.25, 0.3) is 11.1 Å². The van der Waals surface area contributed by atoms with Crippen LogP contribution in [-0.2, 0) is 16.1 Å². The van der Waals surface area contributed by atoms with E-state index in [9.17, 15) is 14.4 Å². The third-order valence-electron chi connectivity index (χ3n) is 7.29. The second-order valence-electron chi connectivity index (χ2n) is 10.3. The molecule has 3 aromatic carbocycles. The molecule has 1 aliphatic heterocycles. The average Bonchev–Trinajstić information content (AvgIpc) is 3.48. The maximum Gasteiger partial charge on any atom is 0.414 e. The summed E-state index contributed by atoms with van der Waals surface area (Å²) in [5, 5.41) is 15.9. The van der Waals surface area contributed by atoms with Crippen LogP contribution in [0.2, 0.25) is 0 Å². The van der Waals surface area contributed by atoms with Crippen molar-refractivity contribution in [2.24, 2.45) is 0 Å². The zero-order valence-electron chi connectivity index (χ0n) is 24.6. The fourth-order valence-electron chi connectivity index (χ4n) is 4.88. The minimum absolute atomic E-state index is 0.0572. The lowest BCUT2D eigenvalue weighted by Gasteiger charge is -2.30. The van der Waals surface area contributed by atoms with Crippen molar-refractivity contribution in [3.8, 4) is 22.6 Å². The van der Waals surface area contributed by atoms with E-state index < -0.39 is 12.1 Å². The Morgan fingerprint density at radius 2 is 1.86 bits per heavy atom. The number of carbonyl (C=O) groups is 3. The van der Waals surface area contributed by atoms with Crippen molar-refractivity contribution in [2.45, 2.75) is 26.8 Å². The highest BCUT2D eigenvalue weighted by molar-refractivity contribution is 5.94. The van der Waals surface area contributed by atoms with Gasteiger partial charge in [0.2, 0.25) is 0 Å². The number of hydrogen-bond acceptors (Lipinski definition) is 7. The summed E-state index contributed by atoms with van der Waals surface area (Å²) in [5.41, 5.74) is 5.70. The maximum absolute atomic E-state index is 13.0. The van der Waals surface area contributed by atoms with Crippen LogP contribution in [-0.4, -0.2) is 65.8 Å². The Labute approximate surface area is 255 Å². The Kier molecular flexibility index (Phi) is 9.43. The van der Waals surface area contributed by atoms with Crippen LogP contribution in [0.5, 0.6) is 11.5 Å². The molecule has 44 heavy (non-hydrogen) atoms. The number of rotatable bonds is 11. The molecule has 0 unspecified atom stereocenters. The van der Waals surface area contributed by atoms with Crippen LogP contribution in [0, 0.1) is 13.8 Å². The Morgan fingerprint density at radius 3 is 2.70 bits per heavy atom. The number of carboxylic acids is 1. The molecule has 11 heteroatoms. The number of aliphatic carboxylic acids is 1. The van der Waals surface area contributed by atoms with Crippen molar-refractivity contribution >= 4 is 23.7 Å². The van der Waals surface area contributed by atoms with Crippen molar-refractivity contribution in [1.82, 2.24) is 15.1 Å². The number of amides is 2. The van der Waals surface area contributed by atoms with Gasteiger partial charge in [0, 0.05) is 29.4 Å². The number of nitrogens with one attached hydrogen (secondary N) is 1. The summed E-state index contributed by atoms with van der Waals surface area (Å²) < 4.78 is 19.1. The van der Waals surface area contributed by atoms with Crippen molar-refractivity contribution in [1.29, 1.82) is 0 Å². The van der Waals surface area contributed by atoms with Gasteiger partial charge in [0.05, 0.1) is 31.4 Å². The Hall–Kier alpha value is -5.32. The molecule has 1 aliphatic rings. The first-order valence-electron chi connectivity index (χ1n) is 14.3. The van der Waals surface area contributed by atoms with Gasteiger partial charge >= 0.3 is 12.1 Å². The molecule has 0 radical (unpaired) electrons. The molecule has 2 heterocycles. The number of anilines is 1. The fourth-order valence-corrected chi connectivity index (χ4v) is 4.88. The lowest BCUT2D eigenvalue weighted by Crippen LogP contribution is -2.39. The molecular formula is C33H34N4O7. The molecule has 0 bridgehead atoms. The molecule has 0 saturated carbocycles. The molecule has 5 rings (SSSR count). The van der Waals surface area contributed by atoms with Crippen LogP contribution in [0.15, 0.2) is 73.1 Å². The van der Waals surface area contributed by atoms with E-state index in [-0.39, 0.29) is 32.1 Å². The van der Waals surface area contributed by atoms with Crippen molar-refractivity contribution in [3.05, 3.63) is 95.3 Å². The monoisotopic (exact) mass is 598 g/mol. The van der Waals surface area contributed by atoms with Crippen molar-refractivity contribution in [3.63, 3.8) is 0 Å². The number of carbonyl (C=O) groups excluding carboxylic acids is 2. The number of aromatic nitrogens is 2. The summed E-state index contributed by atoms with van der Waals surface area (Å²) in [7, 11) is 0. The van der Waals surface area contributed by atoms with Gasteiger partial charge in [0.1, 0.15) is 25.6 Å². The number of aryl methyl sites for hydroxylation is 1. The molecule has 2 N–H and O–H groups in total. The highest BCUT2D eigenvalue weighted by Crippen LogP contribution is 2.40. The molecule has 1 aromatic heterocycles. The first-order chi connectivity index (χ1) is 21.3. The number of hydrogen-bond donors (Lipinski definition) is 2. The quantitative estimate of drug-likeness (QED) is 0.235. The molecule has 0 saturated heterocycles. The summed E-state index contributed by atoms with van der Waals surface area (Å²) >= 11 is 0. The van der Waals surface area contributed by atoms with E-state index in [1.54, 1.807) is 34.0 Å². The number of fused-ring (bicyclic) bond motifs is 1. The standard InChI is InChI=1S/C33H34N4O7/c1-22-6-3-11-29(23(22)2)42-16-17-44-33(41)37-14-15-43-31-27(9-5-10-28(31)37)26-19-35-36(21-26)20-24-7-4-8-25(18-24)32(40)34-13-12-30(38)39/h3-11,18-19,21H,12-17,20H2,1-2H3,(H,34,40)(H,38,39). The van der Waals surface area contributed by atoms with Crippen LogP contribution in [0.4, 0.5) is 10.5 Å². The van der Waals surface area contributed by atoms with Gasteiger partial charge in [-0.3, -0.25) is 19.2 Å². The third-order valence-corrected chi connectivity index (χ3v) is 7.29. The summed E-state index contributed by atoms with van der Waals surface area (Å²) in [5.74, 6) is 0.0383. The van der Waals surface area contributed by atoms with Crippen LogP contribution in [0.3, 0.4) is 0 Å². The Bertz CT molecular complexity index is 1670. The largest absolute Gasteiger partial charge is 0.490 e. The van der Waals surface area contributed by atoms with Gasteiger partial charge < -0.3 is 24.6 Å². The number of nitrogens with zero attached hydrogens (tertiary/aromatic N) is 3. The van der Waals surface area contributed by atoms with E-state index in [2.05, 4.69) is 10.4 Å². The van der Waals surface area contributed by atoms with Gasteiger partial charge in [-0.1, -0.05) is 36.4 Å². The molecule has 0 atom stereocenters. The predicted octanol–water partition coefficient (Wildman–Crippen LogP) is 4.83. The zero-order valence-corrected chi connectivity index (χ0v) is 24.6. The Morgan fingerprint density at radius 1 is 1.05 bits per heavy atom. The first kappa shape index (κ1) is 30.1. The third kappa shape index (κ3) is 7.17. The van der Waals surface area contributed by atoms with Crippen molar-refractivity contribution < 1.29 is 33.7 Å². The van der Waals surface area contributed by atoms with Gasteiger partial charge in [0.25, 0.3) is 5.91 Å². The van der Waals surface area contributed by atoms with Crippen LogP contribution in [0.1, 0.15) is 33.5 Å². The van der Waals surface area contributed by atoms with E-state index in [0.29, 0.717) is 36.7 Å². The number of benzene rings is 3. The highest BCUT2D eigenvalue weighted by Gasteiger charge is 2.27. The van der Waals surface area contributed by atoms with Crippen LogP contribution < -0.4 is 19.7 Å². The van der Waals surface area contributed by atoms with Gasteiger partial charge in [-0.25, -0.2) is 4.79 Å². The number of carboxylic acid groups (broad SMARTS) is 1. The number of para-hydroxylation sites is 1. The van der Waals surface area contributed by atoms with Gasteiger partial charge in [-0.15, -0.1) is 0 Å². The number of ether oxygens (including phenoxy) is 3. The van der Waals surface area contributed by atoms with Gasteiger partial charge in [-0.2, -0.15) is 5.10 Å². The van der Waals surface area contributed by atoms with E-state index in [1.807, 2.05) is 62.5 Å². The molecular weight excluding hydrogens is 564 g/mol. The van der Waals surface area contributed by atoms with E-state index in [4.69, 9.17) is 19.3 Å². The molecule has 0 fully saturated rings. The molecule has 0 spiro atoms. The van der Waals surface area contributed by atoms with Gasteiger partial charge in [0.15, 0.2) is 5.75 Å². The molecule has 228 valence electrons. The molecule has 11 nitrogen and oxygen atoms in total. The lowest BCUT2D eigenvalue weighted by molar-refractivity contribution is -0.136. The predicted molar refractivity (Wildman–Crippen MR) is 163 cm³/mol. The molecule has 4 aromatic rings. The van der Waals surface area contributed by atoms with Crippen LogP contribution >= 0.6 is 0 Å². The SMILES string of the molecule is Cc1cccc(OCCOC(=O)N2CCOc3c(-c4cnn(Cc5cccc(C(=O)NCCC(=O)O)c5)c4)cccc32)c1C.